The van der Waals surface area contributed by atoms with Crippen LogP contribution in [0.4, 0.5) is 0 Å². The van der Waals surface area contributed by atoms with Gasteiger partial charge in [-0.2, -0.15) is 0 Å². The fraction of sp³-hybridized carbons (Fsp3) is 1.00. The lowest BCUT2D eigenvalue weighted by molar-refractivity contribution is -0.0925. The predicted molar refractivity (Wildman–Crippen MR) is 74.4 cm³/mol. The van der Waals surface area contributed by atoms with Gasteiger partial charge in [0, 0.05) is 12.6 Å². The lowest BCUT2D eigenvalue weighted by atomic mass is 9.81. The number of hydrogen-bond acceptors (Lipinski definition) is 2. The Morgan fingerprint density at radius 3 is 2.35 bits per heavy atom. The molecule has 1 aliphatic heterocycles. The molecule has 0 aromatic carbocycles. The summed E-state index contributed by atoms with van der Waals surface area (Å²) in [6.07, 6.45) is 7.60. The average Bonchev–Trinajstić information content (AvgIpc) is 2.35. The molecule has 2 unspecified atom stereocenters. The Labute approximate surface area is 108 Å². The minimum absolute atomic E-state index is 0.0663. The van der Waals surface area contributed by atoms with Crippen LogP contribution in [0.15, 0.2) is 0 Å². The fourth-order valence-corrected chi connectivity index (χ4v) is 2.98. The third-order valence-electron chi connectivity index (χ3n) is 4.41. The van der Waals surface area contributed by atoms with Crippen LogP contribution in [-0.2, 0) is 4.74 Å². The Morgan fingerprint density at radius 2 is 1.88 bits per heavy atom. The number of rotatable bonds is 7. The molecule has 1 N–H and O–H groups in total. The van der Waals surface area contributed by atoms with Crippen molar-refractivity contribution in [2.24, 2.45) is 5.92 Å². The number of ether oxygens (including phenoxy) is 1. The molecule has 0 bridgehead atoms. The van der Waals surface area contributed by atoms with E-state index in [1.54, 1.807) is 0 Å². The molecule has 0 radical (unpaired) electrons. The summed E-state index contributed by atoms with van der Waals surface area (Å²) >= 11 is 0. The number of hydrogen-bond donors (Lipinski definition) is 1. The normalized spacial score (nSPS) is 27.4. The highest BCUT2D eigenvalue weighted by molar-refractivity contribution is 4.92. The summed E-state index contributed by atoms with van der Waals surface area (Å²) in [6, 6.07) is 0.526. The van der Waals surface area contributed by atoms with Gasteiger partial charge in [-0.3, -0.25) is 0 Å². The number of likely N-dealkylation sites (N-methyl/N-ethyl adjacent to an activating group) is 1. The Balaban J connectivity index is 2.62. The SMILES string of the molecule is CCNC(CC(CC)CC)C1(C)CCCCO1. The molecule has 0 amide bonds. The predicted octanol–water partition coefficient (Wildman–Crippen LogP) is 3.75. The molecule has 1 rings (SSSR count). The second kappa shape index (κ2) is 7.38. The first kappa shape index (κ1) is 15.0. The van der Waals surface area contributed by atoms with E-state index in [0.717, 1.165) is 19.1 Å². The van der Waals surface area contributed by atoms with Crippen molar-refractivity contribution in [1.82, 2.24) is 5.32 Å². The highest BCUT2D eigenvalue weighted by Crippen LogP contribution is 2.32. The molecule has 2 heteroatoms. The van der Waals surface area contributed by atoms with Gasteiger partial charge in [-0.1, -0.05) is 33.6 Å². The van der Waals surface area contributed by atoms with E-state index in [1.807, 2.05) is 0 Å². The largest absolute Gasteiger partial charge is 0.374 e. The third-order valence-corrected chi connectivity index (χ3v) is 4.41. The Morgan fingerprint density at radius 1 is 1.18 bits per heavy atom. The zero-order valence-electron chi connectivity index (χ0n) is 12.2. The van der Waals surface area contributed by atoms with Crippen LogP contribution in [0.2, 0.25) is 0 Å². The van der Waals surface area contributed by atoms with Crippen LogP contribution in [0.3, 0.4) is 0 Å². The molecular formula is C15H31NO. The van der Waals surface area contributed by atoms with Crippen molar-refractivity contribution in [3.05, 3.63) is 0 Å². The lowest BCUT2D eigenvalue weighted by Crippen LogP contribution is -2.52. The molecule has 1 heterocycles. The monoisotopic (exact) mass is 241 g/mol. The van der Waals surface area contributed by atoms with E-state index in [4.69, 9.17) is 4.74 Å². The average molecular weight is 241 g/mol. The van der Waals surface area contributed by atoms with Crippen molar-refractivity contribution in [3.63, 3.8) is 0 Å². The van der Waals surface area contributed by atoms with Gasteiger partial charge in [0.1, 0.15) is 0 Å². The van der Waals surface area contributed by atoms with E-state index in [9.17, 15) is 0 Å². The summed E-state index contributed by atoms with van der Waals surface area (Å²) in [7, 11) is 0. The molecule has 0 saturated carbocycles. The van der Waals surface area contributed by atoms with Crippen LogP contribution >= 0.6 is 0 Å². The molecule has 0 aromatic heterocycles. The molecule has 1 saturated heterocycles. The maximum Gasteiger partial charge on any atom is 0.0806 e. The van der Waals surface area contributed by atoms with E-state index < -0.39 is 0 Å². The number of nitrogens with one attached hydrogen (secondary N) is 1. The molecule has 0 spiro atoms. The van der Waals surface area contributed by atoms with Crippen molar-refractivity contribution in [2.75, 3.05) is 13.2 Å². The second-order valence-corrected chi connectivity index (χ2v) is 5.65. The lowest BCUT2D eigenvalue weighted by Gasteiger charge is -2.42. The van der Waals surface area contributed by atoms with Crippen LogP contribution in [-0.4, -0.2) is 24.8 Å². The van der Waals surface area contributed by atoms with Gasteiger partial charge in [0.25, 0.3) is 0 Å². The van der Waals surface area contributed by atoms with Gasteiger partial charge in [-0.15, -0.1) is 0 Å². The summed E-state index contributed by atoms with van der Waals surface area (Å²) < 4.78 is 6.11. The van der Waals surface area contributed by atoms with Gasteiger partial charge < -0.3 is 10.1 Å². The van der Waals surface area contributed by atoms with Gasteiger partial charge in [-0.25, -0.2) is 0 Å². The van der Waals surface area contributed by atoms with Gasteiger partial charge in [0.15, 0.2) is 0 Å². The van der Waals surface area contributed by atoms with E-state index >= 15 is 0 Å². The zero-order chi connectivity index (χ0) is 12.7. The van der Waals surface area contributed by atoms with Crippen molar-refractivity contribution in [3.8, 4) is 0 Å². The summed E-state index contributed by atoms with van der Waals surface area (Å²) in [6.45, 7) is 11.1. The molecule has 17 heavy (non-hydrogen) atoms. The van der Waals surface area contributed by atoms with Crippen LogP contribution in [0.1, 0.15) is 66.2 Å². The minimum Gasteiger partial charge on any atom is -0.374 e. The highest BCUT2D eigenvalue weighted by Gasteiger charge is 2.36. The van der Waals surface area contributed by atoms with Crippen LogP contribution in [0.5, 0.6) is 0 Å². The summed E-state index contributed by atoms with van der Waals surface area (Å²) in [5.41, 5.74) is 0.0663. The Kier molecular flexibility index (Phi) is 6.50. The molecule has 1 aliphatic rings. The van der Waals surface area contributed by atoms with Gasteiger partial charge >= 0.3 is 0 Å². The first-order chi connectivity index (χ1) is 8.16. The Hall–Kier alpha value is -0.0800. The molecule has 2 atom stereocenters. The maximum atomic E-state index is 6.11. The molecule has 1 fully saturated rings. The molecule has 0 aliphatic carbocycles. The minimum atomic E-state index is 0.0663. The van der Waals surface area contributed by atoms with Crippen LogP contribution in [0.25, 0.3) is 0 Å². The molecule has 0 aromatic rings. The van der Waals surface area contributed by atoms with Gasteiger partial charge in [0.05, 0.1) is 5.60 Å². The smallest absolute Gasteiger partial charge is 0.0806 e. The van der Waals surface area contributed by atoms with E-state index in [-0.39, 0.29) is 5.60 Å². The first-order valence-electron chi connectivity index (χ1n) is 7.53. The first-order valence-corrected chi connectivity index (χ1v) is 7.53. The fourth-order valence-electron chi connectivity index (χ4n) is 2.98. The van der Waals surface area contributed by atoms with Crippen molar-refractivity contribution in [1.29, 1.82) is 0 Å². The Bertz CT molecular complexity index is 195. The van der Waals surface area contributed by atoms with E-state index in [1.165, 1.54) is 38.5 Å². The van der Waals surface area contributed by atoms with Crippen LogP contribution < -0.4 is 5.32 Å². The third kappa shape index (κ3) is 4.26. The summed E-state index contributed by atoms with van der Waals surface area (Å²) in [4.78, 5) is 0. The summed E-state index contributed by atoms with van der Waals surface area (Å²) in [5, 5.41) is 3.67. The standard InChI is InChI=1S/C15H31NO/c1-5-13(6-2)12-14(16-7-3)15(4)10-8-9-11-17-15/h13-14,16H,5-12H2,1-4H3. The maximum absolute atomic E-state index is 6.11. The molecular weight excluding hydrogens is 210 g/mol. The van der Waals surface area contributed by atoms with Crippen molar-refractivity contribution in [2.45, 2.75) is 77.9 Å². The quantitative estimate of drug-likeness (QED) is 0.733. The highest BCUT2D eigenvalue weighted by atomic mass is 16.5. The molecule has 102 valence electrons. The molecule has 2 nitrogen and oxygen atoms in total. The van der Waals surface area contributed by atoms with Gasteiger partial charge in [0.2, 0.25) is 0 Å². The van der Waals surface area contributed by atoms with Crippen molar-refractivity contribution >= 4 is 0 Å². The van der Waals surface area contributed by atoms with Gasteiger partial charge in [-0.05, 0) is 45.1 Å². The van der Waals surface area contributed by atoms with E-state index in [2.05, 4.69) is 33.0 Å². The second-order valence-electron chi connectivity index (χ2n) is 5.65. The zero-order valence-corrected chi connectivity index (χ0v) is 12.2. The van der Waals surface area contributed by atoms with Crippen molar-refractivity contribution < 1.29 is 4.74 Å². The van der Waals surface area contributed by atoms with Crippen LogP contribution in [0, 0.1) is 5.92 Å². The van der Waals surface area contributed by atoms with E-state index in [0.29, 0.717) is 6.04 Å². The topological polar surface area (TPSA) is 21.3 Å². The summed E-state index contributed by atoms with van der Waals surface area (Å²) in [5.74, 6) is 0.835.